The van der Waals surface area contributed by atoms with Crippen LogP contribution in [0.15, 0.2) is 43.2 Å². The molecule has 0 aliphatic rings. The Balaban J connectivity index is 2.02. The van der Waals surface area contributed by atoms with Gasteiger partial charge in [0.2, 0.25) is 0 Å². The first-order valence-electron chi connectivity index (χ1n) is 6.09. The van der Waals surface area contributed by atoms with Gasteiger partial charge in [-0.15, -0.1) is 0 Å². The summed E-state index contributed by atoms with van der Waals surface area (Å²) in [6.07, 6.45) is 8.61. The van der Waals surface area contributed by atoms with E-state index in [2.05, 4.69) is 20.1 Å². The largest absolute Gasteiger partial charge is 0.495 e. The van der Waals surface area contributed by atoms with Crippen LogP contribution in [-0.4, -0.2) is 31.8 Å². The summed E-state index contributed by atoms with van der Waals surface area (Å²) in [6, 6.07) is 3.75. The van der Waals surface area contributed by atoms with Crippen LogP contribution < -0.4 is 4.74 Å². The number of pyridine rings is 1. The molecule has 0 unspecified atom stereocenters. The van der Waals surface area contributed by atoms with Gasteiger partial charge in [-0.2, -0.15) is 5.10 Å². The second kappa shape index (κ2) is 5.08. The average molecular weight is 267 g/mol. The first kappa shape index (κ1) is 12.3. The summed E-state index contributed by atoms with van der Waals surface area (Å²) < 4.78 is 6.89. The zero-order valence-electron chi connectivity index (χ0n) is 11.2. The van der Waals surface area contributed by atoms with Crippen LogP contribution >= 0.6 is 0 Å². The topological polar surface area (TPSA) is 65.7 Å². The van der Waals surface area contributed by atoms with Gasteiger partial charge in [0.15, 0.2) is 5.82 Å². The Kier molecular flexibility index (Phi) is 3.12. The van der Waals surface area contributed by atoms with E-state index in [1.54, 1.807) is 30.4 Å². The molecule has 0 saturated carbocycles. The van der Waals surface area contributed by atoms with Crippen LogP contribution in [0.5, 0.6) is 5.75 Å². The monoisotopic (exact) mass is 267 g/mol. The highest BCUT2D eigenvalue weighted by Crippen LogP contribution is 2.21. The molecule has 3 rings (SSSR count). The molecule has 0 aromatic carbocycles. The molecule has 3 aromatic heterocycles. The van der Waals surface area contributed by atoms with Crippen molar-refractivity contribution in [1.82, 2.24) is 24.7 Å². The molecule has 100 valence electrons. The highest BCUT2D eigenvalue weighted by Gasteiger charge is 2.06. The minimum absolute atomic E-state index is 0.692. The van der Waals surface area contributed by atoms with Crippen LogP contribution in [0.3, 0.4) is 0 Å². The molecule has 0 saturated heterocycles. The van der Waals surface area contributed by atoms with Gasteiger partial charge < -0.3 is 4.74 Å². The van der Waals surface area contributed by atoms with E-state index >= 15 is 0 Å². The predicted octanol–water partition coefficient (Wildman–Crippen LogP) is 2.04. The summed E-state index contributed by atoms with van der Waals surface area (Å²) in [5.74, 6) is 1.41. The van der Waals surface area contributed by atoms with Crippen LogP contribution in [0.1, 0.15) is 5.56 Å². The van der Waals surface area contributed by atoms with Gasteiger partial charge >= 0.3 is 0 Å². The van der Waals surface area contributed by atoms with Gasteiger partial charge in [0.1, 0.15) is 12.1 Å². The van der Waals surface area contributed by atoms with Crippen molar-refractivity contribution in [2.45, 2.75) is 6.92 Å². The maximum atomic E-state index is 5.17. The molecule has 0 bridgehead atoms. The summed E-state index contributed by atoms with van der Waals surface area (Å²) in [7, 11) is 1.61. The fraction of sp³-hybridized carbons (Fsp3) is 0.143. The van der Waals surface area contributed by atoms with Crippen molar-refractivity contribution in [2.24, 2.45) is 0 Å². The van der Waals surface area contributed by atoms with E-state index in [1.165, 1.54) is 6.33 Å². The van der Waals surface area contributed by atoms with Crippen molar-refractivity contribution < 1.29 is 4.74 Å². The molecular formula is C14H13N5O. The summed E-state index contributed by atoms with van der Waals surface area (Å²) in [5, 5.41) is 4.24. The maximum absolute atomic E-state index is 5.17. The number of nitrogens with zero attached hydrogens (tertiary/aromatic N) is 5. The molecular weight excluding hydrogens is 254 g/mol. The molecule has 6 nitrogen and oxygen atoms in total. The number of hydrogen-bond donors (Lipinski definition) is 0. The van der Waals surface area contributed by atoms with E-state index < -0.39 is 0 Å². The number of methoxy groups -OCH3 is 1. The third kappa shape index (κ3) is 2.35. The second-order valence-electron chi connectivity index (χ2n) is 4.34. The van der Waals surface area contributed by atoms with Crippen molar-refractivity contribution in [3.8, 4) is 22.8 Å². The first-order chi connectivity index (χ1) is 9.76. The quantitative estimate of drug-likeness (QED) is 0.726. The summed E-state index contributed by atoms with van der Waals surface area (Å²) in [5.41, 5.74) is 2.72. The van der Waals surface area contributed by atoms with Crippen molar-refractivity contribution >= 4 is 0 Å². The molecule has 0 N–H and O–H groups in total. The molecule has 0 radical (unpaired) electrons. The van der Waals surface area contributed by atoms with Crippen molar-refractivity contribution in [1.29, 1.82) is 0 Å². The molecule has 3 heterocycles. The Morgan fingerprint density at radius 1 is 1.10 bits per heavy atom. The predicted molar refractivity (Wildman–Crippen MR) is 73.7 cm³/mol. The van der Waals surface area contributed by atoms with Gasteiger partial charge in [-0.3, -0.25) is 4.98 Å². The van der Waals surface area contributed by atoms with E-state index in [9.17, 15) is 0 Å². The van der Waals surface area contributed by atoms with Crippen molar-refractivity contribution in [3.05, 3.63) is 48.8 Å². The minimum atomic E-state index is 0.692. The fourth-order valence-corrected chi connectivity index (χ4v) is 1.84. The number of ether oxygens (including phenoxy) is 1. The van der Waals surface area contributed by atoms with Crippen LogP contribution in [0.2, 0.25) is 0 Å². The number of hydrogen-bond acceptors (Lipinski definition) is 5. The van der Waals surface area contributed by atoms with Gasteiger partial charge in [0.05, 0.1) is 25.2 Å². The zero-order chi connectivity index (χ0) is 13.9. The highest BCUT2D eigenvalue weighted by molar-refractivity contribution is 5.60. The SMILES string of the molecule is COc1cncc(-c2cc(-n3cc(C)cn3)ncn2)c1. The lowest BCUT2D eigenvalue weighted by atomic mass is 10.2. The Labute approximate surface area is 116 Å². The molecule has 3 aromatic rings. The molecule has 0 amide bonds. The van der Waals surface area contributed by atoms with E-state index in [4.69, 9.17) is 4.74 Å². The Bertz CT molecular complexity index is 738. The van der Waals surface area contributed by atoms with Gasteiger partial charge in [-0.25, -0.2) is 14.6 Å². The number of aromatic nitrogens is 5. The van der Waals surface area contributed by atoms with Crippen LogP contribution in [0.4, 0.5) is 0 Å². The van der Waals surface area contributed by atoms with Gasteiger partial charge in [-0.1, -0.05) is 0 Å². The van der Waals surface area contributed by atoms with Crippen LogP contribution in [0.25, 0.3) is 17.1 Å². The molecule has 0 aliphatic carbocycles. The maximum Gasteiger partial charge on any atom is 0.157 e. The van der Waals surface area contributed by atoms with Gasteiger partial charge in [-0.05, 0) is 18.6 Å². The standard InChI is InChI=1S/C14H13N5O/c1-10-5-18-19(8-10)14-4-13(16-9-17-14)11-3-12(20-2)7-15-6-11/h3-9H,1-2H3. The molecule has 0 fully saturated rings. The average Bonchev–Trinajstić information content (AvgIpc) is 2.94. The van der Waals surface area contributed by atoms with E-state index in [0.29, 0.717) is 11.6 Å². The third-order valence-corrected chi connectivity index (χ3v) is 2.84. The fourth-order valence-electron chi connectivity index (χ4n) is 1.84. The van der Waals surface area contributed by atoms with E-state index in [-0.39, 0.29) is 0 Å². The normalized spacial score (nSPS) is 10.5. The molecule has 6 heteroatoms. The zero-order valence-corrected chi connectivity index (χ0v) is 11.2. The molecule has 0 atom stereocenters. The van der Waals surface area contributed by atoms with Crippen molar-refractivity contribution in [2.75, 3.05) is 7.11 Å². The number of rotatable bonds is 3. The summed E-state index contributed by atoms with van der Waals surface area (Å²) >= 11 is 0. The van der Waals surface area contributed by atoms with Crippen LogP contribution in [0, 0.1) is 6.92 Å². The second-order valence-corrected chi connectivity index (χ2v) is 4.34. The van der Waals surface area contributed by atoms with Crippen molar-refractivity contribution in [3.63, 3.8) is 0 Å². The lowest BCUT2D eigenvalue weighted by Crippen LogP contribution is -1.99. The molecule has 20 heavy (non-hydrogen) atoms. The summed E-state index contributed by atoms with van der Waals surface area (Å²) in [6.45, 7) is 1.98. The minimum Gasteiger partial charge on any atom is -0.495 e. The first-order valence-corrected chi connectivity index (χ1v) is 6.09. The highest BCUT2D eigenvalue weighted by atomic mass is 16.5. The summed E-state index contributed by atoms with van der Waals surface area (Å²) in [4.78, 5) is 12.6. The van der Waals surface area contributed by atoms with E-state index in [1.807, 2.05) is 25.3 Å². The lowest BCUT2D eigenvalue weighted by molar-refractivity contribution is 0.413. The molecule has 0 spiro atoms. The lowest BCUT2D eigenvalue weighted by Gasteiger charge is -2.05. The Morgan fingerprint density at radius 3 is 2.75 bits per heavy atom. The third-order valence-electron chi connectivity index (χ3n) is 2.84. The van der Waals surface area contributed by atoms with E-state index in [0.717, 1.165) is 16.8 Å². The smallest absolute Gasteiger partial charge is 0.157 e. The Hall–Kier alpha value is -2.76. The number of aryl methyl sites for hydroxylation is 1. The molecule has 0 aliphatic heterocycles. The van der Waals surface area contributed by atoms with Gasteiger partial charge in [0, 0.05) is 24.0 Å². The van der Waals surface area contributed by atoms with Crippen LogP contribution in [-0.2, 0) is 0 Å². The van der Waals surface area contributed by atoms with Gasteiger partial charge in [0.25, 0.3) is 0 Å². The Morgan fingerprint density at radius 2 is 2.00 bits per heavy atom.